The molecule has 2 aliphatic rings. The Hall–Kier alpha value is -1.63. The fraction of sp³-hybridized carbons (Fsp3) is 0.500. The first-order valence-electron chi connectivity index (χ1n) is 7.94. The smallest absolute Gasteiger partial charge is 0.253 e. The van der Waals surface area contributed by atoms with Gasteiger partial charge in [0.1, 0.15) is 0 Å². The van der Waals surface area contributed by atoms with E-state index >= 15 is 0 Å². The molecule has 3 atom stereocenters. The lowest BCUT2D eigenvalue weighted by Crippen LogP contribution is -2.46. The Morgan fingerprint density at radius 3 is 2.91 bits per heavy atom. The largest absolute Gasteiger partial charge is 0.352 e. The molecule has 1 aromatic carbocycles. The van der Waals surface area contributed by atoms with Crippen LogP contribution >= 0.6 is 11.6 Å². The van der Waals surface area contributed by atoms with Gasteiger partial charge in [0.15, 0.2) is 0 Å². The van der Waals surface area contributed by atoms with Crippen LogP contribution in [0.4, 0.5) is 0 Å². The number of nitrogens with one attached hydrogen (secondary N) is 4. The maximum Gasteiger partial charge on any atom is 0.253 e. The molecule has 1 saturated heterocycles. The molecule has 0 bridgehead atoms. The minimum atomic E-state index is -0.335. The predicted molar refractivity (Wildman–Crippen MR) is 88.0 cm³/mol. The van der Waals surface area contributed by atoms with Gasteiger partial charge in [0.2, 0.25) is 5.91 Å². The molecule has 1 aromatic rings. The number of hydrogen-bond acceptors (Lipinski definition) is 4. The summed E-state index contributed by atoms with van der Waals surface area (Å²) in [6.07, 6.45) is 2.98. The molecule has 4 N–H and O–H groups in total. The fourth-order valence-corrected chi connectivity index (χ4v) is 3.53. The second-order valence-corrected chi connectivity index (χ2v) is 6.54. The van der Waals surface area contributed by atoms with Crippen molar-refractivity contribution in [3.05, 3.63) is 34.9 Å². The van der Waals surface area contributed by atoms with E-state index in [0.29, 0.717) is 22.5 Å². The number of hydrazine groups is 1. The average Bonchev–Trinajstić information content (AvgIpc) is 3.01. The van der Waals surface area contributed by atoms with Gasteiger partial charge in [-0.15, -0.1) is 0 Å². The molecular formula is C16H21ClN4O2. The molecule has 2 amide bonds. The summed E-state index contributed by atoms with van der Waals surface area (Å²) in [6.45, 7) is 0.908. The van der Waals surface area contributed by atoms with E-state index in [1.54, 1.807) is 24.3 Å². The number of amides is 2. The monoisotopic (exact) mass is 336 g/mol. The Morgan fingerprint density at radius 1 is 1.26 bits per heavy atom. The SMILES string of the molecule is O=C(CNC(=O)c1ccccc1Cl)NC1CCC2NNCC2C1. The number of carbonyl (C=O) groups excluding carboxylic acids is 2. The van der Waals surface area contributed by atoms with E-state index in [4.69, 9.17) is 11.6 Å². The molecule has 2 fully saturated rings. The van der Waals surface area contributed by atoms with Gasteiger partial charge in [0.25, 0.3) is 5.91 Å². The second-order valence-electron chi connectivity index (χ2n) is 6.13. The van der Waals surface area contributed by atoms with Crippen LogP contribution in [0.2, 0.25) is 5.02 Å². The first-order valence-corrected chi connectivity index (χ1v) is 8.32. The van der Waals surface area contributed by atoms with Gasteiger partial charge < -0.3 is 10.6 Å². The highest BCUT2D eigenvalue weighted by Crippen LogP contribution is 2.26. The van der Waals surface area contributed by atoms with Crippen molar-refractivity contribution in [2.45, 2.75) is 31.3 Å². The topological polar surface area (TPSA) is 82.3 Å². The van der Waals surface area contributed by atoms with E-state index < -0.39 is 0 Å². The third-order valence-corrected chi connectivity index (χ3v) is 4.86. The van der Waals surface area contributed by atoms with Crippen molar-refractivity contribution < 1.29 is 9.59 Å². The highest BCUT2D eigenvalue weighted by molar-refractivity contribution is 6.33. The minimum absolute atomic E-state index is 0.0366. The van der Waals surface area contributed by atoms with Gasteiger partial charge in [-0.25, -0.2) is 0 Å². The number of rotatable bonds is 4. The van der Waals surface area contributed by atoms with Crippen LogP contribution in [0.15, 0.2) is 24.3 Å². The zero-order valence-corrected chi connectivity index (χ0v) is 13.5. The minimum Gasteiger partial charge on any atom is -0.352 e. The summed E-state index contributed by atoms with van der Waals surface area (Å²) in [7, 11) is 0. The lowest BCUT2D eigenvalue weighted by atomic mass is 9.83. The summed E-state index contributed by atoms with van der Waals surface area (Å²) in [5.41, 5.74) is 6.81. The number of benzene rings is 1. The number of fused-ring (bicyclic) bond motifs is 1. The van der Waals surface area contributed by atoms with Crippen LogP contribution in [0.1, 0.15) is 29.6 Å². The van der Waals surface area contributed by atoms with Crippen molar-refractivity contribution in [3.8, 4) is 0 Å². The fourth-order valence-electron chi connectivity index (χ4n) is 3.31. The van der Waals surface area contributed by atoms with Gasteiger partial charge in [-0.05, 0) is 37.3 Å². The molecular weight excluding hydrogens is 316 g/mol. The summed E-state index contributed by atoms with van der Waals surface area (Å²) in [4.78, 5) is 24.1. The molecule has 7 heteroatoms. The summed E-state index contributed by atoms with van der Waals surface area (Å²) < 4.78 is 0. The van der Waals surface area contributed by atoms with Crippen molar-refractivity contribution in [1.82, 2.24) is 21.5 Å². The molecule has 23 heavy (non-hydrogen) atoms. The standard InChI is InChI=1S/C16H21ClN4O2/c17-13-4-2-1-3-12(13)16(23)18-9-15(22)20-11-5-6-14-10(7-11)8-19-21-14/h1-4,10-11,14,19,21H,5-9H2,(H,18,23)(H,20,22). The molecule has 3 unspecified atom stereocenters. The molecule has 0 spiro atoms. The van der Waals surface area contributed by atoms with Crippen LogP contribution in [0.3, 0.4) is 0 Å². The summed E-state index contributed by atoms with van der Waals surface area (Å²) in [5.74, 6) is 0.0678. The maximum absolute atomic E-state index is 12.0. The first-order chi connectivity index (χ1) is 11.1. The van der Waals surface area contributed by atoms with Crippen molar-refractivity contribution in [2.24, 2.45) is 5.92 Å². The molecule has 6 nitrogen and oxygen atoms in total. The quantitative estimate of drug-likeness (QED) is 0.656. The normalized spacial score (nSPS) is 26.4. The summed E-state index contributed by atoms with van der Waals surface area (Å²) in [5, 5.41) is 6.01. The van der Waals surface area contributed by atoms with Crippen LogP contribution in [0, 0.1) is 5.92 Å². The summed E-state index contributed by atoms with van der Waals surface area (Å²) >= 11 is 5.97. The van der Waals surface area contributed by atoms with E-state index in [-0.39, 0.29) is 24.4 Å². The van der Waals surface area contributed by atoms with Crippen LogP contribution in [-0.4, -0.2) is 37.0 Å². The van der Waals surface area contributed by atoms with E-state index in [0.717, 1.165) is 25.8 Å². The summed E-state index contributed by atoms with van der Waals surface area (Å²) in [6, 6.07) is 7.48. The maximum atomic E-state index is 12.0. The lowest BCUT2D eigenvalue weighted by Gasteiger charge is -2.31. The van der Waals surface area contributed by atoms with Crippen molar-refractivity contribution in [1.29, 1.82) is 0 Å². The van der Waals surface area contributed by atoms with E-state index in [2.05, 4.69) is 21.5 Å². The predicted octanol–water partition coefficient (Wildman–Crippen LogP) is 0.831. The Morgan fingerprint density at radius 2 is 2.09 bits per heavy atom. The highest BCUT2D eigenvalue weighted by Gasteiger charge is 2.34. The van der Waals surface area contributed by atoms with Crippen molar-refractivity contribution in [2.75, 3.05) is 13.1 Å². The lowest BCUT2D eigenvalue weighted by molar-refractivity contribution is -0.121. The van der Waals surface area contributed by atoms with Crippen LogP contribution in [-0.2, 0) is 4.79 Å². The number of halogens is 1. The van der Waals surface area contributed by atoms with Crippen molar-refractivity contribution >= 4 is 23.4 Å². The molecule has 1 aliphatic carbocycles. The van der Waals surface area contributed by atoms with E-state index in [9.17, 15) is 9.59 Å². The van der Waals surface area contributed by atoms with E-state index in [1.165, 1.54) is 0 Å². The highest BCUT2D eigenvalue weighted by atomic mass is 35.5. The van der Waals surface area contributed by atoms with Crippen LogP contribution in [0.5, 0.6) is 0 Å². The Labute approximate surface area is 140 Å². The van der Waals surface area contributed by atoms with Crippen molar-refractivity contribution in [3.63, 3.8) is 0 Å². The van der Waals surface area contributed by atoms with Gasteiger partial charge in [-0.3, -0.25) is 20.4 Å². The molecule has 1 saturated carbocycles. The van der Waals surface area contributed by atoms with Gasteiger partial charge in [0, 0.05) is 18.6 Å². The molecule has 1 heterocycles. The molecule has 3 rings (SSSR count). The molecule has 0 radical (unpaired) electrons. The third-order valence-electron chi connectivity index (χ3n) is 4.53. The third kappa shape index (κ3) is 4.02. The van der Waals surface area contributed by atoms with Crippen LogP contribution < -0.4 is 21.5 Å². The van der Waals surface area contributed by atoms with Gasteiger partial charge >= 0.3 is 0 Å². The zero-order chi connectivity index (χ0) is 16.2. The Balaban J connectivity index is 1.45. The number of carbonyl (C=O) groups is 2. The average molecular weight is 337 g/mol. The molecule has 1 aliphatic heterocycles. The number of hydrogen-bond donors (Lipinski definition) is 4. The zero-order valence-electron chi connectivity index (χ0n) is 12.8. The Kier molecular flexibility index (Phi) is 5.15. The first kappa shape index (κ1) is 16.2. The van der Waals surface area contributed by atoms with Gasteiger partial charge in [-0.1, -0.05) is 23.7 Å². The van der Waals surface area contributed by atoms with Gasteiger partial charge in [0.05, 0.1) is 17.1 Å². The van der Waals surface area contributed by atoms with E-state index in [1.807, 2.05) is 0 Å². The second kappa shape index (κ2) is 7.29. The Bertz CT molecular complexity index is 595. The van der Waals surface area contributed by atoms with Crippen LogP contribution in [0.25, 0.3) is 0 Å². The molecule has 0 aromatic heterocycles. The molecule has 124 valence electrons. The van der Waals surface area contributed by atoms with Gasteiger partial charge in [-0.2, -0.15) is 0 Å².